The number of carbonyl (C=O) groups excluding carboxylic acids is 3. The quantitative estimate of drug-likeness (QED) is 0.325. The van der Waals surface area contributed by atoms with Gasteiger partial charge >= 0.3 is 0 Å². The third-order valence-electron chi connectivity index (χ3n) is 6.77. The molecule has 2 aliphatic heterocycles. The summed E-state index contributed by atoms with van der Waals surface area (Å²) in [6.07, 6.45) is -0.607. The van der Waals surface area contributed by atoms with Crippen molar-refractivity contribution in [2.24, 2.45) is 11.7 Å². The van der Waals surface area contributed by atoms with E-state index < -0.39 is 52.4 Å². The SMILES string of the molecule is CC(C)CCN(C[C@@H](O)[C@H]1Cc2ccc(cc2)OCCCC(=O)N[C@@H](CC(N)=O)C(=O)N1)S(=O)(=O)c1ccccc1. The van der Waals surface area contributed by atoms with Crippen LogP contribution in [0.2, 0.25) is 0 Å². The molecule has 0 radical (unpaired) electrons. The van der Waals surface area contributed by atoms with Crippen LogP contribution in [-0.2, 0) is 30.8 Å². The molecule has 0 unspecified atom stereocenters. The molecule has 2 aliphatic rings. The third kappa shape index (κ3) is 9.83. The molecule has 5 N–H and O–H groups in total. The summed E-state index contributed by atoms with van der Waals surface area (Å²) < 4.78 is 34.0. The van der Waals surface area contributed by atoms with Gasteiger partial charge in [0.2, 0.25) is 27.7 Å². The van der Waals surface area contributed by atoms with E-state index in [0.29, 0.717) is 18.6 Å². The Bertz CT molecular complexity index is 1270. The molecule has 2 aromatic rings. The zero-order chi connectivity index (χ0) is 30.0. The maximum Gasteiger partial charge on any atom is 0.243 e. The molecule has 12 heteroatoms. The number of ether oxygens (including phenoxy) is 1. The molecule has 2 heterocycles. The number of nitrogens with two attached hydrogens (primary N) is 1. The van der Waals surface area contributed by atoms with Crippen LogP contribution in [0.3, 0.4) is 0 Å². The lowest BCUT2D eigenvalue weighted by Gasteiger charge is -2.31. The molecular weight excluding hydrogens is 548 g/mol. The van der Waals surface area contributed by atoms with Gasteiger partial charge < -0.3 is 26.2 Å². The van der Waals surface area contributed by atoms with Crippen LogP contribution in [0.25, 0.3) is 0 Å². The molecule has 3 atom stereocenters. The largest absolute Gasteiger partial charge is 0.494 e. The van der Waals surface area contributed by atoms with E-state index in [1.807, 2.05) is 13.8 Å². The van der Waals surface area contributed by atoms with Gasteiger partial charge in [0.25, 0.3) is 0 Å². The molecule has 4 rings (SSSR count). The molecule has 2 aromatic carbocycles. The Morgan fingerprint density at radius 3 is 2.41 bits per heavy atom. The summed E-state index contributed by atoms with van der Waals surface area (Å²) in [4.78, 5) is 37.6. The summed E-state index contributed by atoms with van der Waals surface area (Å²) in [5.74, 6) is -1.13. The van der Waals surface area contributed by atoms with Gasteiger partial charge in [0, 0.05) is 19.5 Å². The number of aliphatic hydroxyl groups is 1. The van der Waals surface area contributed by atoms with Crippen LogP contribution in [0.4, 0.5) is 0 Å². The van der Waals surface area contributed by atoms with Gasteiger partial charge in [0.1, 0.15) is 11.8 Å². The van der Waals surface area contributed by atoms with E-state index in [-0.39, 0.29) is 43.4 Å². The van der Waals surface area contributed by atoms with Crippen LogP contribution in [0.5, 0.6) is 5.75 Å². The summed E-state index contributed by atoms with van der Waals surface area (Å²) >= 11 is 0. The minimum atomic E-state index is -3.95. The minimum Gasteiger partial charge on any atom is -0.494 e. The van der Waals surface area contributed by atoms with Crippen LogP contribution >= 0.6 is 0 Å². The van der Waals surface area contributed by atoms with E-state index in [1.165, 1.54) is 16.4 Å². The van der Waals surface area contributed by atoms with Gasteiger partial charge in [-0.1, -0.05) is 44.2 Å². The predicted molar refractivity (Wildman–Crippen MR) is 153 cm³/mol. The van der Waals surface area contributed by atoms with Gasteiger partial charge in [-0.05, 0) is 55.0 Å². The average Bonchev–Trinajstić information content (AvgIpc) is 2.93. The molecular formula is C29H40N4O7S. The number of hydrogen-bond donors (Lipinski definition) is 4. The first-order valence-electron chi connectivity index (χ1n) is 13.8. The normalized spacial score (nSPS) is 19.5. The standard InChI is InChI=1S/C29H40N4O7S/c1-20(2)14-15-33(41(38,39)23-7-4-3-5-8-23)19-26(34)24-17-21-10-12-22(13-11-21)40-16-6-9-28(36)31-25(18-27(30)35)29(37)32-24/h3-5,7-8,10-13,20,24-26,34H,6,9,14-19H2,1-2H3,(H2,30,35)(H,31,36)(H,32,37)/t24-,25+,26-/m1/s1. The zero-order valence-electron chi connectivity index (χ0n) is 23.5. The van der Waals surface area contributed by atoms with Crippen molar-refractivity contribution < 1.29 is 32.6 Å². The van der Waals surface area contributed by atoms with Gasteiger partial charge in [0.05, 0.1) is 30.1 Å². The van der Waals surface area contributed by atoms with Crippen LogP contribution < -0.4 is 21.1 Å². The highest BCUT2D eigenvalue weighted by molar-refractivity contribution is 7.89. The number of nitrogens with one attached hydrogen (secondary N) is 2. The number of nitrogens with zero attached hydrogens (tertiary/aromatic N) is 1. The van der Waals surface area contributed by atoms with Gasteiger partial charge in [-0.3, -0.25) is 14.4 Å². The molecule has 0 fully saturated rings. The van der Waals surface area contributed by atoms with E-state index in [9.17, 15) is 27.9 Å². The Hall–Kier alpha value is -3.48. The summed E-state index contributed by atoms with van der Waals surface area (Å²) in [5, 5.41) is 16.7. The summed E-state index contributed by atoms with van der Waals surface area (Å²) in [6.45, 7) is 4.11. The Balaban J connectivity index is 1.93. The van der Waals surface area contributed by atoms with E-state index in [1.54, 1.807) is 42.5 Å². The monoisotopic (exact) mass is 588 g/mol. The highest BCUT2D eigenvalue weighted by Crippen LogP contribution is 2.20. The fraction of sp³-hybridized carbons (Fsp3) is 0.483. The van der Waals surface area contributed by atoms with Crippen molar-refractivity contribution in [3.05, 3.63) is 60.2 Å². The number of rotatable bonds is 10. The van der Waals surface area contributed by atoms with Gasteiger partial charge in [0.15, 0.2) is 0 Å². The van der Waals surface area contributed by atoms with Crippen molar-refractivity contribution in [3.8, 4) is 5.75 Å². The average molecular weight is 589 g/mol. The Labute approximate surface area is 241 Å². The van der Waals surface area contributed by atoms with Crippen molar-refractivity contribution in [1.82, 2.24) is 14.9 Å². The van der Waals surface area contributed by atoms with Crippen molar-refractivity contribution in [3.63, 3.8) is 0 Å². The second kappa shape index (κ2) is 14.9. The molecule has 0 saturated carbocycles. The fourth-order valence-electron chi connectivity index (χ4n) is 4.43. The third-order valence-corrected chi connectivity index (χ3v) is 8.65. The number of benzene rings is 2. The minimum absolute atomic E-state index is 0.0643. The van der Waals surface area contributed by atoms with Crippen LogP contribution in [0, 0.1) is 5.92 Å². The summed E-state index contributed by atoms with van der Waals surface area (Å²) in [5.41, 5.74) is 6.10. The molecule has 224 valence electrons. The molecule has 0 aliphatic carbocycles. The maximum absolute atomic E-state index is 13.6. The first-order valence-corrected chi connectivity index (χ1v) is 15.2. The van der Waals surface area contributed by atoms with E-state index in [2.05, 4.69) is 10.6 Å². The molecule has 0 aromatic heterocycles. The topological polar surface area (TPSA) is 168 Å². The number of aliphatic hydroxyl groups excluding tert-OH is 1. The second-order valence-electron chi connectivity index (χ2n) is 10.6. The second-order valence-corrected chi connectivity index (χ2v) is 12.6. The first kappa shape index (κ1) is 32.0. The molecule has 0 saturated heterocycles. The Morgan fingerprint density at radius 2 is 1.78 bits per heavy atom. The zero-order valence-corrected chi connectivity index (χ0v) is 24.3. The lowest BCUT2D eigenvalue weighted by molar-refractivity contribution is -0.132. The Morgan fingerprint density at radius 1 is 1.10 bits per heavy atom. The first-order chi connectivity index (χ1) is 19.5. The lowest BCUT2D eigenvalue weighted by Crippen LogP contribution is -2.56. The highest BCUT2D eigenvalue weighted by Gasteiger charge is 2.33. The van der Waals surface area contributed by atoms with Gasteiger partial charge in [-0.15, -0.1) is 0 Å². The van der Waals surface area contributed by atoms with Crippen LogP contribution in [0.1, 0.15) is 45.1 Å². The van der Waals surface area contributed by atoms with Crippen LogP contribution in [0.15, 0.2) is 59.5 Å². The number of fused-ring (bicyclic) bond motifs is 12. The van der Waals surface area contributed by atoms with Crippen molar-refractivity contribution in [2.45, 2.75) is 69.0 Å². The molecule has 2 bridgehead atoms. The predicted octanol–water partition coefficient (Wildman–Crippen LogP) is 1.34. The summed E-state index contributed by atoms with van der Waals surface area (Å²) in [7, 11) is -3.95. The van der Waals surface area contributed by atoms with Crippen molar-refractivity contribution in [1.29, 1.82) is 0 Å². The smallest absolute Gasteiger partial charge is 0.243 e. The van der Waals surface area contributed by atoms with E-state index >= 15 is 0 Å². The highest BCUT2D eigenvalue weighted by atomic mass is 32.2. The summed E-state index contributed by atoms with van der Waals surface area (Å²) in [6, 6.07) is 12.9. The van der Waals surface area contributed by atoms with E-state index in [4.69, 9.17) is 10.5 Å². The van der Waals surface area contributed by atoms with Gasteiger partial charge in [-0.2, -0.15) is 4.31 Å². The van der Waals surface area contributed by atoms with Crippen molar-refractivity contribution >= 4 is 27.7 Å². The van der Waals surface area contributed by atoms with E-state index in [0.717, 1.165) is 5.56 Å². The Kier molecular flexibility index (Phi) is 11.7. The molecule has 11 nitrogen and oxygen atoms in total. The number of amides is 3. The maximum atomic E-state index is 13.6. The molecule has 41 heavy (non-hydrogen) atoms. The fourth-order valence-corrected chi connectivity index (χ4v) is 5.93. The molecule has 3 amide bonds. The number of hydrogen-bond acceptors (Lipinski definition) is 7. The number of primary amides is 1. The van der Waals surface area contributed by atoms with Crippen LogP contribution in [-0.4, -0.2) is 73.4 Å². The van der Waals surface area contributed by atoms with Gasteiger partial charge in [-0.25, -0.2) is 8.42 Å². The van der Waals surface area contributed by atoms with Crippen molar-refractivity contribution in [2.75, 3.05) is 19.7 Å². The molecule has 0 spiro atoms. The number of carbonyl (C=O) groups is 3. The number of sulfonamides is 1. The lowest BCUT2D eigenvalue weighted by atomic mass is 9.99.